The van der Waals surface area contributed by atoms with E-state index in [1.807, 2.05) is 60.5 Å². The zero-order chi connectivity index (χ0) is 45.2. The van der Waals surface area contributed by atoms with E-state index < -0.39 is 75.4 Å². The number of nitrogens with zero attached hydrogens (tertiary/aromatic N) is 3. The minimum atomic E-state index is -3.91. The van der Waals surface area contributed by atoms with Gasteiger partial charge in [0, 0.05) is 34.2 Å². The molecule has 1 saturated carbocycles. The molecule has 60 heavy (non-hydrogen) atoms. The Bertz CT molecular complexity index is 1710. The summed E-state index contributed by atoms with van der Waals surface area (Å²) in [6, 6.07) is 2.52. The number of likely N-dealkylation sites (tertiary alicyclic amines) is 1. The molecule has 0 spiro atoms. The zero-order valence-corrected chi connectivity index (χ0v) is 38.6. The van der Waals surface area contributed by atoms with Gasteiger partial charge in [0.15, 0.2) is 0 Å². The van der Waals surface area contributed by atoms with Crippen LogP contribution in [-0.2, 0) is 49.9 Å². The number of hydrogen-bond donors (Lipinski definition) is 4. The molecule has 3 rings (SSSR count). The smallest absolute Gasteiger partial charge is 0.256 e. The molecule has 4 N–H and O–H groups in total. The normalized spacial score (nSPS) is 19.9. The highest BCUT2D eigenvalue weighted by Crippen LogP contribution is 2.30. The van der Waals surface area contributed by atoms with E-state index in [2.05, 4.69) is 15.4 Å². The van der Waals surface area contributed by atoms with Gasteiger partial charge in [0.2, 0.25) is 33.7 Å². The maximum absolute atomic E-state index is 14.3. The monoisotopic (exact) mass is 865 g/mol. The number of rotatable bonds is 23. The van der Waals surface area contributed by atoms with Crippen molar-refractivity contribution in [2.45, 2.75) is 141 Å². The lowest BCUT2D eigenvalue weighted by Gasteiger charge is -2.41. The summed E-state index contributed by atoms with van der Waals surface area (Å²) in [5, 5.41) is 14.9. The highest BCUT2D eigenvalue weighted by Gasteiger charge is 2.44. The maximum atomic E-state index is 14.3. The average molecular weight is 865 g/mol. The van der Waals surface area contributed by atoms with Crippen molar-refractivity contribution in [1.82, 2.24) is 30.1 Å². The Morgan fingerprint density at radius 1 is 0.867 bits per heavy atom. The van der Waals surface area contributed by atoms with Crippen molar-refractivity contribution in [1.29, 1.82) is 0 Å². The second-order valence-corrected chi connectivity index (χ2v) is 19.6. The van der Waals surface area contributed by atoms with E-state index in [1.54, 1.807) is 35.9 Å². The molecule has 2 aliphatic rings. The first-order valence-electron chi connectivity index (χ1n) is 21.3. The number of ether oxygens (including phenoxy) is 2. The van der Waals surface area contributed by atoms with E-state index in [1.165, 1.54) is 26.4 Å². The number of sulfonamides is 1. The molecule has 0 radical (unpaired) electrons. The first-order chi connectivity index (χ1) is 28.1. The molecule has 17 heteroatoms. The van der Waals surface area contributed by atoms with E-state index in [-0.39, 0.29) is 54.1 Å². The van der Waals surface area contributed by atoms with Gasteiger partial charge < -0.3 is 35.0 Å². The van der Waals surface area contributed by atoms with Crippen LogP contribution in [0, 0.1) is 23.7 Å². The molecule has 16 nitrogen and oxygen atoms in total. The van der Waals surface area contributed by atoms with Crippen molar-refractivity contribution in [2.24, 2.45) is 23.7 Å². The average Bonchev–Trinajstić information content (AvgIpc) is 3.95. The van der Waals surface area contributed by atoms with Crippen LogP contribution in [0.1, 0.15) is 92.6 Å². The first kappa shape index (κ1) is 50.6. The molecule has 1 saturated heterocycles. The van der Waals surface area contributed by atoms with Crippen molar-refractivity contribution in [3.8, 4) is 5.75 Å². The van der Waals surface area contributed by atoms with Crippen LogP contribution in [0.4, 0.5) is 0 Å². The summed E-state index contributed by atoms with van der Waals surface area (Å²) in [5.74, 6) is -3.32. The Morgan fingerprint density at radius 3 is 1.98 bits per heavy atom. The molecule has 0 aromatic heterocycles. The van der Waals surface area contributed by atoms with Crippen molar-refractivity contribution in [3.05, 3.63) is 29.8 Å². The Balaban J connectivity index is 1.81. The number of hydrogen-bond acceptors (Lipinski definition) is 11. The fraction of sp³-hybridized carbons (Fsp3) is 0.744. The second kappa shape index (κ2) is 22.3. The fourth-order valence-corrected chi connectivity index (χ4v) is 9.81. The highest BCUT2D eigenvalue weighted by molar-refractivity contribution is 7.90. The molecular formula is C43H72N6O10S. The molecular weight excluding hydrogens is 793 g/mol. The van der Waals surface area contributed by atoms with E-state index in [0.29, 0.717) is 44.2 Å². The number of carbonyl (C=O) groups excluding carboxylic acids is 5. The number of phenolic OH excluding ortho intramolecular Hbond substituents is 1. The predicted molar refractivity (Wildman–Crippen MR) is 229 cm³/mol. The highest BCUT2D eigenvalue weighted by atomic mass is 32.2. The summed E-state index contributed by atoms with van der Waals surface area (Å²) in [7, 11) is 4.44. The molecule has 340 valence electrons. The lowest BCUT2D eigenvalue weighted by molar-refractivity contribution is -0.148. The summed E-state index contributed by atoms with van der Waals surface area (Å²) in [6.07, 6.45) is 1.20. The third-order valence-corrected chi connectivity index (χ3v) is 14.0. The van der Waals surface area contributed by atoms with Gasteiger partial charge in [-0.3, -0.25) is 33.6 Å². The van der Waals surface area contributed by atoms with Crippen LogP contribution in [0.25, 0.3) is 0 Å². The van der Waals surface area contributed by atoms with Crippen LogP contribution in [-0.4, -0.2) is 147 Å². The maximum Gasteiger partial charge on any atom is 0.256 e. The molecule has 1 aliphatic carbocycles. The van der Waals surface area contributed by atoms with E-state index in [0.717, 1.165) is 0 Å². The van der Waals surface area contributed by atoms with E-state index in [4.69, 9.17) is 9.47 Å². The van der Waals surface area contributed by atoms with Crippen molar-refractivity contribution < 1.29 is 47.0 Å². The zero-order valence-electron chi connectivity index (χ0n) is 37.8. The Hall–Kier alpha value is -3.80. The van der Waals surface area contributed by atoms with Gasteiger partial charge in [0.05, 0.1) is 47.9 Å². The minimum absolute atomic E-state index is 0.0135. The van der Waals surface area contributed by atoms with Gasteiger partial charge in [0.25, 0.3) is 5.91 Å². The number of carbonyl (C=O) groups is 5. The molecule has 0 unspecified atom stereocenters. The lowest BCUT2D eigenvalue weighted by Crippen LogP contribution is -2.59. The summed E-state index contributed by atoms with van der Waals surface area (Å²) in [5.41, 5.74) is 0.588. The van der Waals surface area contributed by atoms with Crippen molar-refractivity contribution in [2.75, 3.05) is 41.9 Å². The largest absolute Gasteiger partial charge is 0.508 e. The van der Waals surface area contributed by atoms with Crippen LogP contribution < -0.4 is 15.4 Å². The standard InChI is InChI=1S/C43H72N6O10S/c1-13-27(6)38(48(10)43(55)36(25(2)3)45-42(54)37(26(4)5)47(8)9)34(58-11)24-35(51)49-22-14-15-33(49)39(59-12)28(7)40(52)44-32(23-29-16-18-30(50)19-17-29)41(53)46-60(56,57)31-20-21-31/h16-19,25-28,31-34,36-39,50H,13-15,20-24H2,1-12H3,(H,44,52)(H,45,54)(H,46,53)/t27-,28+,32-,33-,34+,36-,37-,38-,39+/m0/s1. The molecule has 1 aromatic carbocycles. The Kier molecular flexibility index (Phi) is 18.8. The molecule has 1 aromatic rings. The van der Waals surface area contributed by atoms with Crippen LogP contribution in [0.15, 0.2) is 24.3 Å². The molecule has 0 bridgehead atoms. The minimum Gasteiger partial charge on any atom is -0.508 e. The third kappa shape index (κ3) is 13.1. The summed E-state index contributed by atoms with van der Waals surface area (Å²) >= 11 is 0. The van der Waals surface area contributed by atoms with Gasteiger partial charge in [-0.25, -0.2) is 8.42 Å². The van der Waals surface area contributed by atoms with Crippen LogP contribution >= 0.6 is 0 Å². The van der Waals surface area contributed by atoms with Gasteiger partial charge in [-0.2, -0.15) is 0 Å². The second-order valence-electron chi connectivity index (χ2n) is 17.6. The molecule has 9 atom stereocenters. The number of likely N-dealkylation sites (N-methyl/N-ethyl adjacent to an activating group) is 2. The van der Waals surface area contributed by atoms with Gasteiger partial charge in [0.1, 0.15) is 17.8 Å². The Labute approximate surface area is 357 Å². The molecule has 1 heterocycles. The van der Waals surface area contributed by atoms with Gasteiger partial charge in [-0.1, -0.05) is 67.0 Å². The summed E-state index contributed by atoms with van der Waals surface area (Å²) < 4.78 is 39.5. The number of methoxy groups -OCH3 is 2. The number of benzene rings is 1. The van der Waals surface area contributed by atoms with E-state index >= 15 is 0 Å². The fourth-order valence-electron chi connectivity index (χ4n) is 8.46. The number of aromatic hydroxyl groups is 1. The van der Waals surface area contributed by atoms with Crippen molar-refractivity contribution in [3.63, 3.8) is 0 Å². The summed E-state index contributed by atoms with van der Waals surface area (Å²) in [6.45, 7) is 13.8. The molecule has 2 fully saturated rings. The summed E-state index contributed by atoms with van der Waals surface area (Å²) in [4.78, 5) is 74.6. The van der Waals surface area contributed by atoms with Crippen LogP contribution in [0.5, 0.6) is 5.75 Å². The van der Waals surface area contributed by atoms with Crippen molar-refractivity contribution >= 4 is 39.6 Å². The number of nitrogens with one attached hydrogen (secondary N) is 3. The van der Waals surface area contributed by atoms with Crippen LogP contribution in [0.3, 0.4) is 0 Å². The topological polar surface area (TPSA) is 204 Å². The molecule has 1 aliphatic heterocycles. The van der Waals surface area contributed by atoms with Gasteiger partial charge in [-0.05, 0) is 75.2 Å². The number of phenols is 1. The molecule has 5 amide bonds. The first-order valence-corrected chi connectivity index (χ1v) is 22.9. The van der Waals surface area contributed by atoms with Gasteiger partial charge in [-0.15, -0.1) is 0 Å². The van der Waals surface area contributed by atoms with Crippen LogP contribution in [0.2, 0.25) is 0 Å². The lowest BCUT2D eigenvalue weighted by atomic mass is 9.89. The SMILES string of the molecule is CC[C@H](C)[C@@H]([C@@H](CC(=O)N1CCC[C@H]1[C@H](OC)[C@@H](C)C(=O)N[C@@H](Cc1ccc(O)cc1)C(=O)NS(=O)(=O)C1CC1)OC)N(C)C(=O)[C@@H](NC(=O)[C@H](C(C)C)N(C)C)C(C)C. The van der Waals surface area contributed by atoms with Gasteiger partial charge >= 0.3 is 0 Å². The third-order valence-electron chi connectivity index (χ3n) is 12.2. The Morgan fingerprint density at radius 2 is 1.48 bits per heavy atom. The number of amides is 5. The quantitative estimate of drug-likeness (QED) is 0.126. The predicted octanol–water partition coefficient (Wildman–Crippen LogP) is 2.68. The van der Waals surface area contributed by atoms with E-state index in [9.17, 15) is 37.5 Å².